The second-order valence-corrected chi connectivity index (χ2v) is 5.86. The highest BCUT2D eigenvalue weighted by Crippen LogP contribution is 2.23. The Bertz CT molecular complexity index is 612. The SMILES string of the molecule is CCCC[C@H](N)C(=O)Nc1ccc2cc(Br)ccc2c1. The molecule has 0 aliphatic carbocycles. The first-order chi connectivity index (χ1) is 9.60. The molecule has 0 heterocycles. The molecule has 0 aliphatic rings. The van der Waals surface area contributed by atoms with E-state index in [1.54, 1.807) is 0 Å². The molecule has 2 aromatic rings. The second-order valence-electron chi connectivity index (χ2n) is 4.94. The summed E-state index contributed by atoms with van der Waals surface area (Å²) in [7, 11) is 0. The van der Waals surface area contributed by atoms with E-state index < -0.39 is 6.04 Å². The van der Waals surface area contributed by atoms with Crippen LogP contribution in [-0.4, -0.2) is 11.9 Å². The number of nitrogens with one attached hydrogen (secondary N) is 1. The summed E-state index contributed by atoms with van der Waals surface area (Å²) in [6.07, 6.45) is 2.75. The predicted molar refractivity (Wildman–Crippen MR) is 87.8 cm³/mol. The lowest BCUT2D eigenvalue weighted by atomic mass is 10.1. The standard InChI is InChI=1S/C16H19BrN2O/c1-2-3-4-15(18)16(20)19-14-8-6-11-9-13(17)7-5-12(11)10-14/h5-10,15H,2-4,18H2,1H3,(H,19,20)/t15-/m0/s1. The van der Waals surface area contributed by atoms with Gasteiger partial charge in [0, 0.05) is 10.2 Å². The van der Waals surface area contributed by atoms with Crippen molar-refractivity contribution in [3.05, 3.63) is 40.9 Å². The number of anilines is 1. The van der Waals surface area contributed by atoms with Crippen LogP contribution in [0.1, 0.15) is 26.2 Å². The number of carbonyl (C=O) groups excluding carboxylic acids is 1. The Hall–Kier alpha value is -1.39. The number of nitrogens with two attached hydrogens (primary N) is 1. The zero-order valence-corrected chi connectivity index (χ0v) is 13.1. The molecule has 2 rings (SSSR count). The zero-order chi connectivity index (χ0) is 14.5. The lowest BCUT2D eigenvalue weighted by Crippen LogP contribution is -2.35. The van der Waals surface area contributed by atoms with Gasteiger partial charge >= 0.3 is 0 Å². The number of fused-ring (bicyclic) bond motifs is 1. The van der Waals surface area contributed by atoms with Gasteiger partial charge in [0.05, 0.1) is 6.04 Å². The molecule has 0 unspecified atom stereocenters. The lowest BCUT2D eigenvalue weighted by molar-refractivity contribution is -0.117. The van der Waals surface area contributed by atoms with E-state index in [2.05, 4.69) is 28.2 Å². The van der Waals surface area contributed by atoms with Gasteiger partial charge in [-0.1, -0.05) is 47.8 Å². The number of hydrogen-bond acceptors (Lipinski definition) is 2. The minimum absolute atomic E-state index is 0.116. The van der Waals surface area contributed by atoms with Gasteiger partial charge in [-0.25, -0.2) is 0 Å². The molecular formula is C16H19BrN2O. The minimum Gasteiger partial charge on any atom is -0.325 e. The number of unbranched alkanes of at least 4 members (excludes halogenated alkanes) is 1. The van der Waals surface area contributed by atoms with E-state index in [1.165, 1.54) is 0 Å². The van der Waals surface area contributed by atoms with Crippen LogP contribution in [0.3, 0.4) is 0 Å². The summed E-state index contributed by atoms with van der Waals surface area (Å²) in [4.78, 5) is 12.0. The monoisotopic (exact) mass is 334 g/mol. The average molecular weight is 335 g/mol. The summed E-state index contributed by atoms with van der Waals surface area (Å²) in [6, 6.07) is 11.5. The topological polar surface area (TPSA) is 55.1 Å². The van der Waals surface area contributed by atoms with E-state index in [9.17, 15) is 4.79 Å². The van der Waals surface area contributed by atoms with E-state index in [4.69, 9.17) is 5.73 Å². The predicted octanol–water partition coefficient (Wildman–Crippen LogP) is 4.06. The van der Waals surface area contributed by atoms with Gasteiger partial charge in [0.2, 0.25) is 5.91 Å². The molecule has 0 aliphatic heterocycles. The van der Waals surface area contributed by atoms with E-state index in [-0.39, 0.29) is 5.91 Å². The Morgan fingerprint density at radius 3 is 2.70 bits per heavy atom. The average Bonchev–Trinajstić information content (AvgIpc) is 2.44. The van der Waals surface area contributed by atoms with Gasteiger partial charge in [0.15, 0.2) is 0 Å². The fraction of sp³-hybridized carbons (Fsp3) is 0.312. The van der Waals surface area contributed by atoms with Gasteiger partial charge < -0.3 is 11.1 Å². The van der Waals surface area contributed by atoms with Crippen molar-refractivity contribution in [3.8, 4) is 0 Å². The molecule has 0 bridgehead atoms. The third-order valence-electron chi connectivity index (χ3n) is 3.28. The molecule has 0 radical (unpaired) electrons. The van der Waals surface area contributed by atoms with Crippen molar-refractivity contribution >= 4 is 38.3 Å². The van der Waals surface area contributed by atoms with Crippen LogP contribution < -0.4 is 11.1 Å². The highest BCUT2D eigenvalue weighted by molar-refractivity contribution is 9.10. The minimum atomic E-state index is -0.435. The molecule has 3 nitrogen and oxygen atoms in total. The Morgan fingerprint density at radius 1 is 1.25 bits per heavy atom. The third-order valence-corrected chi connectivity index (χ3v) is 3.77. The molecule has 0 aromatic heterocycles. The van der Waals surface area contributed by atoms with Crippen molar-refractivity contribution < 1.29 is 4.79 Å². The van der Waals surface area contributed by atoms with Crippen molar-refractivity contribution in [3.63, 3.8) is 0 Å². The summed E-state index contributed by atoms with van der Waals surface area (Å²) in [5, 5.41) is 5.10. The highest BCUT2D eigenvalue weighted by Gasteiger charge is 2.12. The first-order valence-electron chi connectivity index (χ1n) is 6.86. The molecule has 1 atom stereocenters. The maximum atomic E-state index is 12.0. The number of halogens is 1. The van der Waals surface area contributed by atoms with E-state index in [0.717, 1.165) is 40.2 Å². The zero-order valence-electron chi connectivity index (χ0n) is 11.5. The third kappa shape index (κ3) is 3.81. The van der Waals surface area contributed by atoms with Crippen molar-refractivity contribution in [2.75, 3.05) is 5.32 Å². The molecule has 106 valence electrons. The van der Waals surface area contributed by atoms with Gasteiger partial charge in [0.25, 0.3) is 0 Å². The van der Waals surface area contributed by atoms with Crippen LogP contribution in [0.5, 0.6) is 0 Å². The van der Waals surface area contributed by atoms with E-state index in [0.29, 0.717) is 0 Å². The van der Waals surface area contributed by atoms with Crippen molar-refractivity contribution in [2.45, 2.75) is 32.2 Å². The summed E-state index contributed by atoms with van der Waals surface area (Å²) < 4.78 is 1.04. The molecule has 0 spiro atoms. The Labute approximate surface area is 127 Å². The van der Waals surface area contributed by atoms with Crippen molar-refractivity contribution in [1.82, 2.24) is 0 Å². The van der Waals surface area contributed by atoms with E-state index in [1.807, 2.05) is 36.4 Å². The number of hydrogen-bond donors (Lipinski definition) is 2. The molecular weight excluding hydrogens is 316 g/mol. The first kappa shape index (κ1) is 15.0. The Balaban J connectivity index is 2.09. The molecule has 1 amide bonds. The number of carbonyl (C=O) groups is 1. The summed E-state index contributed by atoms with van der Waals surface area (Å²) in [5.74, 6) is -0.116. The fourth-order valence-electron chi connectivity index (χ4n) is 2.08. The van der Waals surface area contributed by atoms with Crippen LogP contribution in [0.15, 0.2) is 40.9 Å². The molecule has 3 N–H and O–H groups in total. The molecule has 0 fully saturated rings. The van der Waals surface area contributed by atoms with Crippen LogP contribution in [0.25, 0.3) is 10.8 Å². The summed E-state index contributed by atoms with van der Waals surface area (Å²) in [6.45, 7) is 2.09. The quantitative estimate of drug-likeness (QED) is 0.866. The number of amides is 1. The van der Waals surface area contributed by atoms with E-state index >= 15 is 0 Å². The number of rotatable bonds is 5. The van der Waals surface area contributed by atoms with Gasteiger partial charge in [-0.2, -0.15) is 0 Å². The van der Waals surface area contributed by atoms with Crippen LogP contribution in [-0.2, 0) is 4.79 Å². The fourth-order valence-corrected chi connectivity index (χ4v) is 2.46. The van der Waals surface area contributed by atoms with Gasteiger partial charge in [-0.15, -0.1) is 0 Å². The maximum Gasteiger partial charge on any atom is 0.241 e. The van der Waals surface area contributed by atoms with Gasteiger partial charge in [-0.05, 0) is 41.5 Å². The normalized spacial score (nSPS) is 12.3. The smallest absolute Gasteiger partial charge is 0.241 e. The highest BCUT2D eigenvalue weighted by atomic mass is 79.9. The Morgan fingerprint density at radius 2 is 1.95 bits per heavy atom. The van der Waals surface area contributed by atoms with Crippen molar-refractivity contribution in [1.29, 1.82) is 0 Å². The summed E-state index contributed by atoms with van der Waals surface area (Å²) >= 11 is 3.45. The maximum absolute atomic E-state index is 12.0. The summed E-state index contributed by atoms with van der Waals surface area (Å²) in [5.41, 5.74) is 6.65. The van der Waals surface area contributed by atoms with Crippen molar-refractivity contribution in [2.24, 2.45) is 5.73 Å². The van der Waals surface area contributed by atoms with Gasteiger partial charge in [-0.3, -0.25) is 4.79 Å². The van der Waals surface area contributed by atoms with Crippen LogP contribution in [0.2, 0.25) is 0 Å². The van der Waals surface area contributed by atoms with Crippen LogP contribution >= 0.6 is 15.9 Å². The first-order valence-corrected chi connectivity index (χ1v) is 7.65. The second kappa shape index (κ2) is 6.86. The Kier molecular flexibility index (Phi) is 5.15. The number of benzene rings is 2. The molecule has 2 aromatic carbocycles. The van der Waals surface area contributed by atoms with Crippen LogP contribution in [0.4, 0.5) is 5.69 Å². The van der Waals surface area contributed by atoms with Crippen LogP contribution in [0, 0.1) is 0 Å². The largest absolute Gasteiger partial charge is 0.325 e. The van der Waals surface area contributed by atoms with Gasteiger partial charge in [0.1, 0.15) is 0 Å². The molecule has 20 heavy (non-hydrogen) atoms. The molecule has 0 saturated carbocycles. The molecule has 0 saturated heterocycles. The molecule has 4 heteroatoms. The lowest BCUT2D eigenvalue weighted by Gasteiger charge is -2.12.